The molecule has 0 saturated carbocycles. The van der Waals surface area contributed by atoms with Crippen LogP contribution >= 0.6 is 0 Å². The molecule has 2 bridgehead atoms. The van der Waals surface area contributed by atoms with Crippen LogP contribution in [-0.2, 0) is 18.8 Å². The van der Waals surface area contributed by atoms with Crippen LogP contribution in [0.15, 0.2) is 11.5 Å². The first-order chi connectivity index (χ1) is 11.4. The lowest BCUT2D eigenvalue weighted by atomic mass is 9.71. The lowest BCUT2D eigenvalue weighted by Gasteiger charge is -2.44. The van der Waals surface area contributed by atoms with E-state index in [4.69, 9.17) is 18.8 Å². The van der Waals surface area contributed by atoms with E-state index in [0.717, 1.165) is 5.47 Å². The maximum atomic E-state index is 12.6. The van der Waals surface area contributed by atoms with Gasteiger partial charge in [0.05, 0.1) is 36.5 Å². The van der Waals surface area contributed by atoms with E-state index in [-0.39, 0.29) is 36.5 Å². The topological polar surface area (TPSA) is 57.2 Å². The molecule has 0 N–H and O–H groups in total. The first-order valence-electron chi connectivity index (χ1n) is 9.05. The van der Waals surface area contributed by atoms with Crippen molar-refractivity contribution in [3.63, 3.8) is 0 Å². The monoisotopic (exact) mass is 351 g/mol. The number of nitrogens with zero attached hydrogens (tertiary/aromatic N) is 1. The minimum absolute atomic E-state index is 0.0485. The van der Waals surface area contributed by atoms with Crippen molar-refractivity contribution in [3.8, 4) is 0 Å². The second-order valence-electron chi connectivity index (χ2n) is 9.18. The highest BCUT2D eigenvalue weighted by Crippen LogP contribution is 2.41. The predicted octanol–water partition coefficient (Wildman–Crippen LogP) is 2.95. The van der Waals surface area contributed by atoms with Gasteiger partial charge in [-0.05, 0) is 60.4 Å². The molecular formula is C18H30BNO5. The van der Waals surface area contributed by atoms with Crippen LogP contribution in [0.4, 0.5) is 4.79 Å². The van der Waals surface area contributed by atoms with E-state index in [0.29, 0.717) is 19.6 Å². The number of amides is 1. The molecule has 0 spiro atoms. The molecule has 0 aromatic rings. The van der Waals surface area contributed by atoms with Crippen molar-refractivity contribution in [2.45, 2.75) is 83.8 Å². The van der Waals surface area contributed by atoms with Crippen molar-refractivity contribution in [1.82, 2.24) is 4.90 Å². The Morgan fingerprint density at radius 2 is 1.80 bits per heavy atom. The van der Waals surface area contributed by atoms with E-state index < -0.39 is 5.60 Å². The van der Waals surface area contributed by atoms with E-state index in [2.05, 4.69) is 6.08 Å². The molecule has 0 aliphatic carbocycles. The molecule has 2 atom stereocenters. The van der Waals surface area contributed by atoms with Crippen LogP contribution < -0.4 is 0 Å². The van der Waals surface area contributed by atoms with Gasteiger partial charge in [0, 0.05) is 0 Å². The van der Waals surface area contributed by atoms with Crippen molar-refractivity contribution in [2.24, 2.45) is 0 Å². The van der Waals surface area contributed by atoms with Crippen LogP contribution in [0, 0.1) is 0 Å². The summed E-state index contributed by atoms with van der Waals surface area (Å²) in [6.45, 7) is 14.8. The summed E-state index contributed by atoms with van der Waals surface area (Å²) in [4.78, 5) is 14.4. The third kappa shape index (κ3) is 3.59. The van der Waals surface area contributed by atoms with Crippen molar-refractivity contribution >= 4 is 13.2 Å². The van der Waals surface area contributed by atoms with E-state index in [1.807, 2.05) is 53.4 Å². The molecule has 7 heteroatoms. The van der Waals surface area contributed by atoms with Crippen LogP contribution in [0.5, 0.6) is 0 Å². The smallest absolute Gasteiger partial charge is 0.444 e. The number of ether oxygens (including phenoxy) is 2. The standard InChI is InChI=1S/C18H30BNO5/c1-16(2,3)23-15(21)20-13-8-12(9-14(20)11-22-10-13)19-24-17(4,5)18(6,7)25-19/h8,13-14H,9-11H2,1-7H3/t13-,14+/m0/s1. The summed E-state index contributed by atoms with van der Waals surface area (Å²) in [5.41, 5.74) is -0.155. The summed E-state index contributed by atoms with van der Waals surface area (Å²) < 4.78 is 23.6. The van der Waals surface area contributed by atoms with Gasteiger partial charge in [-0.15, -0.1) is 0 Å². The quantitative estimate of drug-likeness (QED) is 0.680. The first-order valence-corrected chi connectivity index (χ1v) is 9.05. The van der Waals surface area contributed by atoms with Gasteiger partial charge >= 0.3 is 13.2 Å². The fourth-order valence-electron chi connectivity index (χ4n) is 3.40. The molecule has 0 unspecified atom stereocenters. The maximum Gasteiger partial charge on any atom is 0.490 e. The SMILES string of the molecule is CC(C)(C)OC(=O)N1[C@H]2COC[C@@H]1C=C(B1OC(C)(C)C(C)(C)O1)C2. The highest BCUT2D eigenvalue weighted by molar-refractivity contribution is 6.54. The lowest BCUT2D eigenvalue weighted by molar-refractivity contribution is -0.0531. The Balaban J connectivity index is 1.79. The Bertz CT molecular complexity index is 565. The zero-order valence-electron chi connectivity index (χ0n) is 16.4. The molecule has 3 aliphatic heterocycles. The fraction of sp³-hybridized carbons (Fsp3) is 0.833. The van der Waals surface area contributed by atoms with Gasteiger partial charge in [0.15, 0.2) is 0 Å². The Labute approximate surface area is 151 Å². The Hall–Kier alpha value is -1.05. The van der Waals surface area contributed by atoms with E-state index >= 15 is 0 Å². The average molecular weight is 351 g/mol. The summed E-state index contributed by atoms with van der Waals surface area (Å²) in [7, 11) is -0.367. The van der Waals surface area contributed by atoms with Crippen molar-refractivity contribution in [2.75, 3.05) is 13.2 Å². The number of hydrogen-bond acceptors (Lipinski definition) is 5. The molecule has 0 aromatic heterocycles. The molecule has 3 heterocycles. The Kier molecular flexibility index (Phi) is 4.49. The minimum atomic E-state index is -0.512. The molecule has 3 rings (SSSR count). The molecule has 1 amide bonds. The average Bonchev–Trinajstić information content (AvgIpc) is 2.64. The molecule has 0 aromatic carbocycles. The maximum absolute atomic E-state index is 12.6. The van der Waals surface area contributed by atoms with Gasteiger partial charge in [-0.25, -0.2) is 4.79 Å². The van der Waals surface area contributed by atoms with Crippen molar-refractivity contribution < 1.29 is 23.6 Å². The van der Waals surface area contributed by atoms with Gasteiger partial charge in [-0.3, -0.25) is 4.90 Å². The van der Waals surface area contributed by atoms with Crippen LogP contribution in [0.2, 0.25) is 0 Å². The predicted molar refractivity (Wildman–Crippen MR) is 95.3 cm³/mol. The minimum Gasteiger partial charge on any atom is -0.444 e. The highest BCUT2D eigenvalue weighted by Gasteiger charge is 2.54. The third-order valence-electron chi connectivity index (χ3n) is 5.39. The zero-order valence-corrected chi connectivity index (χ0v) is 16.4. The summed E-state index contributed by atoms with van der Waals surface area (Å²) in [5.74, 6) is 0. The molecule has 2 saturated heterocycles. The number of carbonyl (C=O) groups excluding carboxylic acids is 1. The first kappa shape index (κ1) is 18.7. The van der Waals surface area contributed by atoms with Crippen LogP contribution in [0.1, 0.15) is 54.9 Å². The van der Waals surface area contributed by atoms with E-state index in [9.17, 15) is 4.79 Å². The number of fused-ring (bicyclic) bond motifs is 2. The molecule has 6 nitrogen and oxygen atoms in total. The van der Waals surface area contributed by atoms with Crippen molar-refractivity contribution in [1.29, 1.82) is 0 Å². The van der Waals surface area contributed by atoms with Gasteiger partial charge in [0.1, 0.15) is 5.60 Å². The number of morpholine rings is 1. The fourth-order valence-corrected chi connectivity index (χ4v) is 3.40. The summed E-state index contributed by atoms with van der Waals surface area (Å²) in [5, 5.41) is 0. The number of rotatable bonds is 1. The van der Waals surface area contributed by atoms with Crippen LogP contribution in [-0.4, -0.2) is 60.2 Å². The van der Waals surface area contributed by atoms with Crippen LogP contribution in [0.25, 0.3) is 0 Å². The second kappa shape index (κ2) is 6.00. The van der Waals surface area contributed by atoms with Gasteiger partial charge in [-0.1, -0.05) is 6.08 Å². The Morgan fingerprint density at radius 3 is 2.32 bits per heavy atom. The molecule has 140 valence electrons. The largest absolute Gasteiger partial charge is 0.490 e. The summed E-state index contributed by atoms with van der Waals surface area (Å²) in [6.07, 6.45) is 2.45. The van der Waals surface area contributed by atoms with Crippen LogP contribution in [0.3, 0.4) is 0 Å². The number of hydrogen-bond donors (Lipinski definition) is 0. The van der Waals surface area contributed by atoms with Gasteiger partial charge in [0.2, 0.25) is 0 Å². The zero-order chi connectivity index (χ0) is 18.6. The third-order valence-corrected chi connectivity index (χ3v) is 5.39. The molecule has 0 radical (unpaired) electrons. The Morgan fingerprint density at radius 1 is 1.20 bits per heavy atom. The molecule has 25 heavy (non-hydrogen) atoms. The second-order valence-corrected chi connectivity index (χ2v) is 9.18. The summed E-state index contributed by atoms with van der Waals surface area (Å²) >= 11 is 0. The number of carbonyl (C=O) groups is 1. The normalized spacial score (nSPS) is 30.9. The van der Waals surface area contributed by atoms with E-state index in [1.54, 1.807) is 0 Å². The van der Waals surface area contributed by atoms with E-state index in [1.165, 1.54) is 0 Å². The lowest BCUT2D eigenvalue weighted by Crippen LogP contribution is -2.58. The van der Waals surface area contributed by atoms with Gasteiger partial charge in [0.25, 0.3) is 0 Å². The van der Waals surface area contributed by atoms with Gasteiger partial charge < -0.3 is 18.8 Å². The summed E-state index contributed by atoms with van der Waals surface area (Å²) in [6, 6.07) is -0.191. The molecular weight excluding hydrogens is 321 g/mol. The molecule has 2 fully saturated rings. The highest BCUT2D eigenvalue weighted by atomic mass is 16.7. The van der Waals surface area contributed by atoms with Gasteiger partial charge in [-0.2, -0.15) is 0 Å². The molecule has 3 aliphatic rings. The van der Waals surface area contributed by atoms with Crippen molar-refractivity contribution in [3.05, 3.63) is 11.5 Å².